The zero-order valence-corrected chi connectivity index (χ0v) is 23.7. The molecule has 1 aliphatic rings. The molecule has 0 fully saturated rings. The smallest absolute Gasteiger partial charge is 0.0613 e. The van der Waals surface area contributed by atoms with E-state index in [1.807, 2.05) is 0 Å². The second-order valence-corrected chi connectivity index (χ2v) is 9.66. The predicted molar refractivity (Wildman–Crippen MR) is 162 cm³/mol. The molecule has 0 heterocycles. The highest BCUT2D eigenvalue weighted by molar-refractivity contribution is 6.00. The monoisotopic (exact) mass is 494 g/mol. The summed E-state index contributed by atoms with van der Waals surface area (Å²) in [6, 6.07) is 27.7. The number of rotatable bonds is 11. The second-order valence-electron chi connectivity index (χ2n) is 9.66. The van der Waals surface area contributed by atoms with Crippen molar-refractivity contribution in [3.05, 3.63) is 101 Å². The van der Waals surface area contributed by atoms with E-state index < -0.39 is 0 Å². The molecular weight excluding hydrogens is 450 g/mol. The zero-order chi connectivity index (χ0) is 26.4. The zero-order valence-electron chi connectivity index (χ0n) is 23.7. The van der Waals surface area contributed by atoms with E-state index in [-0.39, 0.29) is 6.04 Å². The Morgan fingerprint density at radius 1 is 0.541 bits per heavy atom. The first-order valence-electron chi connectivity index (χ1n) is 14.2. The van der Waals surface area contributed by atoms with Crippen LogP contribution in [0.25, 0.3) is 11.1 Å². The van der Waals surface area contributed by atoms with Crippen LogP contribution in [0.1, 0.15) is 69.8 Å². The summed E-state index contributed by atoms with van der Waals surface area (Å²) >= 11 is 0. The molecule has 1 aliphatic carbocycles. The van der Waals surface area contributed by atoms with Crippen LogP contribution in [0.4, 0.5) is 11.4 Å². The van der Waals surface area contributed by atoms with Crippen LogP contribution in [0.5, 0.6) is 0 Å². The molecule has 195 valence electrons. The number of fused-ring (bicyclic) bond motifs is 1. The van der Waals surface area contributed by atoms with Crippen molar-refractivity contribution in [1.82, 2.24) is 4.90 Å². The molecule has 4 rings (SSSR count). The van der Waals surface area contributed by atoms with Gasteiger partial charge < -0.3 is 9.80 Å². The summed E-state index contributed by atoms with van der Waals surface area (Å²) in [5.74, 6) is 0. The van der Waals surface area contributed by atoms with Gasteiger partial charge in [0.1, 0.15) is 0 Å². The topological polar surface area (TPSA) is 9.72 Å². The fourth-order valence-electron chi connectivity index (χ4n) is 5.83. The average Bonchev–Trinajstić information content (AvgIpc) is 2.95. The molecule has 0 amide bonds. The van der Waals surface area contributed by atoms with Gasteiger partial charge in [0.05, 0.1) is 6.04 Å². The van der Waals surface area contributed by atoms with Crippen LogP contribution >= 0.6 is 0 Å². The summed E-state index contributed by atoms with van der Waals surface area (Å²) in [6.07, 6.45) is 2.41. The van der Waals surface area contributed by atoms with E-state index in [0.29, 0.717) is 0 Å². The van der Waals surface area contributed by atoms with E-state index in [9.17, 15) is 0 Å². The van der Waals surface area contributed by atoms with Gasteiger partial charge in [-0.15, -0.1) is 0 Å². The minimum atomic E-state index is 0.216. The Morgan fingerprint density at radius 2 is 1.03 bits per heavy atom. The predicted octanol–water partition coefficient (Wildman–Crippen LogP) is 7.94. The summed E-state index contributed by atoms with van der Waals surface area (Å²) in [4.78, 5) is 7.42. The first kappa shape index (κ1) is 27.0. The number of hydrogen-bond donors (Lipinski definition) is 0. The Morgan fingerprint density at radius 3 is 1.51 bits per heavy atom. The van der Waals surface area contributed by atoms with Crippen molar-refractivity contribution in [2.45, 2.75) is 47.6 Å². The molecule has 0 saturated carbocycles. The fourth-order valence-corrected chi connectivity index (χ4v) is 5.83. The molecule has 0 saturated heterocycles. The number of hydrogen-bond acceptors (Lipinski definition) is 3. The van der Waals surface area contributed by atoms with Crippen LogP contribution in [0.15, 0.2) is 72.8 Å². The standard InChI is InChI=1S/C34H44N3/c1-7-35(8-2)29-21-17-26(18-22-29)32-25-28-15-13-14-16-31(28)34(37(11-5)12-6)33(32)27-19-23-30(24-20-27)36(9-3)10-4/h13-25,34H,7-12H2,1-6H3. The van der Waals surface area contributed by atoms with Crippen LogP contribution in [-0.4, -0.2) is 44.2 Å². The minimum absolute atomic E-state index is 0.216. The van der Waals surface area contributed by atoms with Gasteiger partial charge in [-0.1, -0.05) is 62.4 Å². The van der Waals surface area contributed by atoms with Gasteiger partial charge in [0.15, 0.2) is 0 Å². The van der Waals surface area contributed by atoms with Crippen LogP contribution in [-0.2, 0) is 0 Å². The third-order valence-electron chi connectivity index (χ3n) is 7.95. The molecular formula is C34H44N3. The molecule has 0 N–H and O–H groups in total. The van der Waals surface area contributed by atoms with Gasteiger partial charge in [-0.05, 0) is 98.4 Å². The van der Waals surface area contributed by atoms with Crippen molar-refractivity contribution in [2.24, 2.45) is 0 Å². The van der Waals surface area contributed by atoms with Crippen LogP contribution in [0.2, 0.25) is 0 Å². The molecule has 3 nitrogen and oxygen atoms in total. The van der Waals surface area contributed by atoms with Gasteiger partial charge in [-0.25, -0.2) is 0 Å². The minimum Gasteiger partial charge on any atom is -0.372 e. The largest absolute Gasteiger partial charge is 0.372 e. The lowest BCUT2D eigenvalue weighted by Crippen LogP contribution is -2.32. The van der Waals surface area contributed by atoms with Crippen molar-refractivity contribution in [3.63, 3.8) is 0 Å². The van der Waals surface area contributed by atoms with Crippen LogP contribution in [0, 0.1) is 6.42 Å². The van der Waals surface area contributed by atoms with Gasteiger partial charge >= 0.3 is 0 Å². The lowest BCUT2D eigenvalue weighted by Gasteiger charge is -2.38. The maximum Gasteiger partial charge on any atom is 0.0613 e. The molecule has 37 heavy (non-hydrogen) atoms. The normalized spacial score (nSPS) is 15.2. The van der Waals surface area contributed by atoms with Gasteiger partial charge in [0, 0.05) is 44.0 Å². The van der Waals surface area contributed by atoms with E-state index in [0.717, 1.165) is 39.3 Å². The maximum absolute atomic E-state index is 2.60. The van der Waals surface area contributed by atoms with Gasteiger partial charge in [-0.3, -0.25) is 4.90 Å². The van der Waals surface area contributed by atoms with E-state index in [4.69, 9.17) is 0 Å². The van der Waals surface area contributed by atoms with Gasteiger partial charge in [0.2, 0.25) is 0 Å². The molecule has 0 aromatic heterocycles. The third kappa shape index (κ3) is 5.48. The van der Waals surface area contributed by atoms with Crippen molar-refractivity contribution in [3.8, 4) is 0 Å². The number of anilines is 2. The summed E-state index contributed by atoms with van der Waals surface area (Å²) in [7, 11) is 0. The molecule has 3 heteroatoms. The molecule has 3 aromatic rings. The van der Waals surface area contributed by atoms with Crippen LogP contribution < -0.4 is 9.80 Å². The van der Waals surface area contributed by atoms with Crippen LogP contribution in [0.3, 0.4) is 0 Å². The second kappa shape index (κ2) is 12.5. The van der Waals surface area contributed by atoms with E-state index in [2.05, 4.69) is 135 Å². The van der Waals surface area contributed by atoms with Crippen molar-refractivity contribution >= 4 is 22.5 Å². The first-order valence-corrected chi connectivity index (χ1v) is 14.2. The highest BCUT2D eigenvalue weighted by Gasteiger charge is 2.32. The SMILES string of the molecule is CCN(CC)c1ccc(C2=C(c3ccc(N(CC)CC)cc3)C(N(CC)CC)c3ccccc3[CH]2)cc1. The molecule has 0 bridgehead atoms. The summed E-state index contributed by atoms with van der Waals surface area (Å²) < 4.78 is 0. The van der Waals surface area contributed by atoms with E-state index in [1.165, 1.54) is 44.8 Å². The van der Waals surface area contributed by atoms with Crippen molar-refractivity contribution in [2.75, 3.05) is 49.1 Å². The van der Waals surface area contributed by atoms with Gasteiger partial charge in [-0.2, -0.15) is 0 Å². The summed E-state index contributed by atoms with van der Waals surface area (Å²) in [5, 5.41) is 0. The fraction of sp³-hybridized carbons (Fsp3) is 0.382. The quantitative estimate of drug-likeness (QED) is 0.268. The van der Waals surface area contributed by atoms with Gasteiger partial charge in [0.25, 0.3) is 0 Å². The highest BCUT2D eigenvalue weighted by Crippen LogP contribution is 2.48. The highest BCUT2D eigenvalue weighted by atomic mass is 15.1. The number of likely N-dealkylation sites (N-methyl/N-ethyl adjacent to an activating group) is 1. The summed E-state index contributed by atoms with van der Waals surface area (Å²) in [6.45, 7) is 19.5. The molecule has 1 radical (unpaired) electrons. The third-order valence-corrected chi connectivity index (χ3v) is 7.95. The Kier molecular flexibility index (Phi) is 9.10. The molecule has 1 unspecified atom stereocenters. The van der Waals surface area contributed by atoms with Crippen molar-refractivity contribution < 1.29 is 0 Å². The molecule has 3 aromatic carbocycles. The van der Waals surface area contributed by atoms with E-state index in [1.54, 1.807) is 0 Å². The average molecular weight is 495 g/mol. The molecule has 0 spiro atoms. The molecule has 1 atom stereocenters. The Bertz CT molecular complexity index is 1160. The Labute approximate surface area is 225 Å². The number of nitrogens with zero attached hydrogens (tertiary/aromatic N) is 3. The maximum atomic E-state index is 2.60. The van der Waals surface area contributed by atoms with E-state index >= 15 is 0 Å². The molecule has 0 aliphatic heterocycles. The number of benzene rings is 3. The Hall–Kier alpha value is -3.04. The lowest BCUT2D eigenvalue weighted by molar-refractivity contribution is 0.263. The lowest BCUT2D eigenvalue weighted by atomic mass is 9.76. The summed E-state index contributed by atoms with van der Waals surface area (Å²) in [5.41, 5.74) is 10.6. The Balaban J connectivity index is 1.90. The number of allylic oxidation sites excluding steroid dienone is 1. The first-order chi connectivity index (χ1) is 18.1. The van der Waals surface area contributed by atoms with Crippen molar-refractivity contribution in [1.29, 1.82) is 0 Å².